The summed E-state index contributed by atoms with van der Waals surface area (Å²) >= 11 is 0. The number of piperazine rings is 1. The van der Waals surface area contributed by atoms with E-state index >= 15 is 0 Å². The summed E-state index contributed by atoms with van der Waals surface area (Å²) in [5.41, 5.74) is 3.87. The summed E-state index contributed by atoms with van der Waals surface area (Å²) in [7, 11) is 0. The number of benzene rings is 3. The van der Waals surface area contributed by atoms with Crippen LogP contribution in [0.25, 0.3) is 21.8 Å². The largest absolute Gasteiger partial charge is 0.385 e. The second-order valence-corrected chi connectivity index (χ2v) is 8.99. The topological polar surface area (TPSA) is 34.0 Å². The zero-order chi connectivity index (χ0) is 21.0. The fraction of sp³-hybridized carbons (Fsp3) is 0.333. The predicted octanol–water partition coefficient (Wildman–Crippen LogP) is 1.18. The molecule has 1 aliphatic heterocycles. The monoisotopic (exact) mass is 415 g/mol. The highest BCUT2D eigenvalue weighted by Gasteiger charge is 2.25. The molecule has 0 amide bonds. The molecule has 4 heteroatoms. The summed E-state index contributed by atoms with van der Waals surface area (Å²) in [5.74, 6) is 0. The number of aliphatic hydroxyl groups is 1. The van der Waals surface area contributed by atoms with Crippen LogP contribution in [0.5, 0.6) is 0 Å². The third kappa shape index (κ3) is 4.52. The summed E-state index contributed by atoms with van der Waals surface area (Å²) < 4.78 is 2.30. The Balaban J connectivity index is 1.18. The summed E-state index contributed by atoms with van der Waals surface area (Å²) in [6, 6.07) is 27.9. The molecule has 0 bridgehead atoms. The van der Waals surface area contributed by atoms with Crippen molar-refractivity contribution in [3.8, 4) is 0 Å². The van der Waals surface area contributed by atoms with Crippen molar-refractivity contribution in [3.05, 3.63) is 84.4 Å². The Labute approximate surface area is 184 Å². The molecular formula is C27H33N3O+2. The lowest BCUT2D eigenvalue weighted by Crippen LogP contribution is -3.28. The minimum atomic E-state index is -0.333. The van der Waals surface area contributed by atoms with Crippen molar-refractivity contribution in [3.63, 3.8) is 0 Å². The van der Waals surface area contributed by atoms with Gasteiger partial charge in [0, 0.05) is 28.2 Å². The number of nitrogens with zero attached hydrogens (tertiary/aromatic N) is 1. The van der Waals surface area contributed by atoms with E-state index in [1.54, 1.807) is 4.90 Å². The average Bonchev–Trinajstić information content (AvgIpc) is 3.13. The fourth-order valence-corrected chi connectivity index (χ4v) is 5.19. The van der Waals surface area contributed by atoms with Crippen molar-refractivity contribution in [2.45, 2.75) is 19.1 Å². The molecule has 2 heterocycles. The minimum absolute atomic E-state index is 0.333. The second kappa shape index (κ2) is 9.23. The van der Waals surface area contributed by atoms with Crippen molar-refractivity contribution >= 4 is 21.8 Å². The van der Waals surface area contributed by atoms with Gasteiger partial charge in [0.2, 0.25) is 0 Å². The highest BCUT2D eigenvalue weighted by atomic mass is 16.3. The van der Waals surface area contributed by atoms with E-state index in [1.165, 1.54) is 51.9 Å². The Morgan fingerprint density at radius 1 is 0.710 bits per heavy atom. The van der Waals surface area contributed by atoms with Crippen LogP contribution < -0.4 is 9.80 Å². The van der Waals surface area contributed by atoms with Crippen molar-refractivity contribution < 1.29 is 14.9 Å². The number of hydrogen-bond donors (Lipinski definition) is 3. The minimum Gasteiger partial charge on any atom is -0.385 e. The molecule has 0 aliphatic carbocycles. The molecule has 3 N–H and O–H groups in total. The first-order chi connectivity index (χ1) is 15.3. The van der Waals surface area contributed by atoms with Gasteiger partial charge in [-0.3, -0.25) is 0 Å². The Kier molecular flexibility index (Phi) is 6.03. The lowest BCUT2D eigenvalue weighted by molar-refractivity contribution is -1.01. The van der Waals surface area contributed by atoms with E-state index in [0.29, 0.717) is 6.54 Å². The molecule has 1 aliphatic rings. The number of fused-ring (bicyclic) bond motifs is 3. The van der Waals surface area contributed by atoms with Crippen LogP contribution in [0.2, 0.25) is 0 Å². The van der Waals surface area contributed by atoms with Crippen LogP contribution in [0.3, 0.4) is 0 Å². The van der Waals surface area contributed by atoms with Crippen LogP contribution in [0.4, 0.5) is 0 Å². The number of aliphatic hydroxyl groups excluding tert-OH is 1. The summed E-state index contributed by atoms with van der Waals surface area (Å²) in [6.45, 7) is 7.38. The van der Waals surface area contributed by atoms with Crippen LogP contribution in [0.15, 0.2) is 78.9 Å². The van der Waals surface area contributed by atoms with Crippen LogP contribution in [-0.4, -0.2) is 55.0 Å². The molecule has 3 aromatic carbocycles. The maximum Gasteiger partial charge on any atom is 0.127 e. The average molecular weight is 416 g/mol. The van der Waals surface area contributed by atoms with E-state index in [-0.39, 0.29) is 6.10 Å². The van der Waals surface area contributed by atoms with E-state index in [0.717, 1.165) is 26.1 Å². The van der Waals surface area contributed by atoms with Crippen molar-refractivity contribution in [1.82, 2.24) is 4.57 Å². The molecule has 5 rings (SSSR count). The normalized spacial score (nSPS) is 20.3. The van der Waals surface area contributed by atoms with E-state index in [4.69, 9.17) is 0 Å². The lowest BCUT2D eigenvalue weighted by Gasteiger charge is -2.31. The maximum atomic E-state index is 11.0. The zero-order valence-electron chi connectivity index (χ0n) is 18.1. The van der Waals surface area contributed by atoms with Gasteiger partial charge < -0.3 is 19.5 Å². The van der Waals surface area contributed by atoms with E-state index in [1.807, 2.05) is 0 Å². The van der Waals surface area contributed by atoms with Gasteiger partial charge in [-0.2, -0.15) is 0 Å². The van der Waals surface area contributed by atoms with Crippen LogP contribution in [0, 0.1) is 0 Å². The molecule has 0 unspecified atom stereocenters. The quantitative estimate of drug-likeness (QED) is 0.416. The zero-order valence-corrected chi connectivity index (χ0v) is 18.1. The summed E-state index contributed by atoms with van der Waals surface area (Å²) in [6.07, 6.45) is 0.821. The standard InChI is InChI=1S/C27H31N3O/c31-23(20-29-18-16-28(17-19-29)15-14-22-8-2-1-3-9-22)21-30-26-12-6-4-10-24(26)25-11-5-7-13-27(25)30/h1-13,23,31H,14-21H2/p+2/t23-/m1/s1. The molecule has 4 nitrogen and oxygen atoms in total. The van der Waals surface area contributed by atoms with Gasteiger partial charge in [-0.1, -0.05) is 66.7 Å². The Bertz CT molecular complexity index is 1080. The number of rotatable bonds is 7. The Hall–Kier alpha value is -2.66. The number of para-hydroxylation sites is 2. The molecule has 1 atom stereocenters. The molecule has 1 fully saturated rings. The van der Waals surface area contributed by atoms with E-state index < -0.39 is 0 Å². The fourth-order valence-electron chi connectivity index (χ4n) is 5.19. The van der Waals surface area contributed by atoms with Gasteiger partial charge in [0.15, 0.2) is 0 Å². The van der Waals surface area contributed by atoms with Gasteiger partial charge in [0.05, 0.1) is 13.1 Å². The highest BCUT2D eigenvalue weighted by Crippen LogP contribution is 2.28. The van der Waals surface area contributed by atoms with Gasteiger partial charge in [-0.25, -0.2) is 0 Å². The first-order valence-corrected chi connectivity index (χ1v) is 11.6. The second-order valence-electron chi connectivity index (χ2n) is 8.99. The number of nitrogens with one attached hydrogen (secondary N) is 2. The SMILES string of the molecule is O[C@@H](Cn1c2ccccc2c2ccccc21)C[NH+]1CC[NH+](CCc2ccccc2)CC1. The molecule has 160 valence electrons. The molecule has 1 aromatic heterocycles. The number of quaternary nitrogens is 2. The van der Waals surface area contributed by atoms with Gasteiger partial charge in [0.1, 0.15) is 38.8 Å². The third-order valence-corrected chi connectivity index (χ3v) is 6.87. The molecule has 0 spiro atoms. The van der Waals surface area contributed by atoms with Crippen molar-refractivity contribution in [2.75, 3.05) is 39.3 Å². The molecular weight excluding hydrogens is 382 g/mol. The number of aromatic nitrogens is 1. The summed E-state index contributed by atoms with van der Waals surface area (Å²) in [4.78, 5) is 3.24. The van der Waals surface area contributed by atoms with Gasteiger partial charge in [-0.15, -0.1) is 0 Å². The molecule has 31 heavy (non-hydrogen) atoms. The van der Waals surface area contributed by atoms with Crippen LogP contribution >= 0.6 is 0 Å². The van der Waals surface area contributed by atoms with E-state index in [2.05, 4.69) is 83.4 Å². The van der Waals surface area contributed by atoms with Crippen LogP contribution in [-0.2, 0) is 13.0 Å². The molecule has 0 saturated carbocycles. The predicted molar refractivity (Wildman–Crippen MR) is 127 cm³/mol. The highest BCUT2D eigenvalue weighted by molar-refractivity contribution is 6.07. The smallest absolute Gasteiger partial charge is 0.127 e. The maximum absolute atomic E-state index is 11.0. The molecule has 1 saturated heterocycles. The molecule has 0 radical (unpaired) electrons. The Morgan fingerprint density at radius 2 is 1.26 bits per heavy atom. The van der Waals surface area contributed by atoms with Crippen LogP contribution in [0.1, 0.15) is 5.56 Å². The Morgan fingerprint density at radius 3 is 1.90 bits per heavy atom. The first-order valence-electron chi connectivity index (χ1n) is 11.6. The third-order valence-electron chi connectivity index (χ3n) is 6.87. The summed E-state index contributed by atoms with van der Waals surface area (Å²) in [5, 5.41) is 13.5. The molecule has 4 aromatic rings. The van der Waals surface area contributed by atoms with E-state index in [9.17, 15) is 5.11 Å². The van der Waals surface area contributed by atoms with Gasteiger partial charge in [-0.05, 0) is 17.7 Å². The van der Waals surface area contributed by atoms with Crippen molar-refractivity contribution in [1.29, 1.82) is 0 Å². The van der Waals surface area contributed by atoms with Gasteiger partial charge in [0.25, 0.3) is 0 Å². The van der Waals surface area contributed by atoms with Crippen molar-refractivity contribution in [2.24, 2.45) is 0 Å². The first kappa shape index (κ1) is 20.3. The lowest BCUT2D eigenvalue weighted by atomic mass is 10.1. The number of hydrogen-bond acceptors (Lipinski definition) is 1. The van der Waals surface area contributed by atoms with Gasteiger partial charge >= 0.3 is 0 Å².